The second-order valence-electron chi connectivity index (χ2n) is 11.2. The van der Waals surface area contributed by atoms with Gasteiger partial charge in [0.25, 0.3) is 0 Å². The summed E-state index contributed by atoms with van der Waals surface area (Å²) >= 11 is 0. The van der Waals surface area contributed by atoms with Crippen molar-refractivity contribution in [2.75, 3.05) is 0 Å². The van der Waals surface area contributed by atoms with E-state index < -0.39 is 0 Å². The summed E-state index contributed by atoms with van der Waals surface area (Å²) in [5, 5.41) is 4.40. The third kappa shape index (κ3) is 4.07. The van der Waals surface area contributed by atoms with Gasteiger partial charge in [-0.1, -0.05) is 103 Å². The van der Waals surface area contributed by atoms with Gasteiger partial charge in [0, 0.05) is 44.3 Å². The van der Waals surface area contributed by atoms with Gasteiger partial charge in [-0.2, -0.15) is 0 Å². The van der Waals surface area contributed by atoms with E-state index in [1.807, 2.05) is 103 Å². The first-order valence-corrected chi connectivity index (χ1v) is 15.0. The molecule has 0 spiro atoms. The topological polar surface area (TPSA) is 61.1 Å². The summed E-state index contributed by atoms with van der Waals surface area (Å²) in [7, 11) is 0. The number of para-hydroxylation sites is 2. The van der Waals surface area contributed by atoms with Crippen molar-refractivity contribution in [3.8, 4) is 39.9 Å². The number of nitrogens with zero attached hydrogens (tertiary/aromatic N) is 5. The smallest absolute Gasteiger partial charge is 0.188 e. The second-order valence-corrected chi connectivity index (χ2v) is 11.2. The first-order chi connectivity index (χ1) is 22.7. The predicted octanol–water partition coefficient (Wildman–Crippen LogP) is 10.4. The van der Waals surface area contributed by atoms with Crippen molar-refractivity contribution in [2.24, 2.45) is 0 Å². The lowest BCUT2D eigenvalue weighted by atomic mass is 10.1. The van der Waals surface area contributed by atoms with E-state index in [0.29, 0.717) is 23.2 Å². The van der Waals surface area contributed by atoms with Crippen LogP contribution < -0.4 is 0 Å². The summed E-state index contributed by atoms with van der Waals surface area (Å²) in [5.41, 5.74) is 7.56. The molecule has 0 aliphatic carbocycles. The Morgan fingerprint density at radius 1 is 0.500 bits per heavy atom. The molecule has 3 heterocycles. The molecule has 0 saturated heterocycles. The molecule has 6 heteroatoms. The minimum Gasteiger partial charge on any atom is -0.456 e. The van der Waals surface area contributed by atoms with Gasteiger partial charge in [-0.05, 0) is 30.3 Å². The zero-order chi connectivity index (χ0) is 30.6. The fraction of sp³-hybridized carbons (Fsp3) is 0. The van der Waals surface area contributed by atoms with Crippen LogP contribution in [0.2, 0.25) is 0 Å². The lowest BCUT2D eigenvalue weighted by molar-refractivity contribution is 0.669. The molecule has 6 aromatic carbocycles. The maximum atomic E-state index is 7.86. The zero-order valence-corrected chi connectivity index (χ0v) is 24.4. The normalized spacial score (nSPS) is 11.5. The van der Waals surface area contributed by atoms with Gasteiger partial charge in [0.2, 0.25) is 0 Å². The van der Waals surface area contributed by atoms with Crippen molar-refractivity contribution in [1.82, 2.24) is 19.5 Å². The number of hydrogen-bond acceptors (Lipinski definition) is 4. The third-order valence-electron chi connectivity index (χ3n) is 8.46. The van der Waals surface area contributed by atoms with E-state index in [2.05, 4.69) is 45.8 Å². The first-order valence-electron chi connectivity index (χ1n) is 15.0. The fourth-order valence-electron chi connectivity index (χ4n) is 6.34. The van der Waals surface area contributed by atoms with E-state index >= 15 is 0 Å². The van der Waals surface area contributed by atoms with Crippen molar-refractivity contribution in [3.63, 3.8) is 0 Å². The van der Waals surface area contributed by atoms with E-state index in [1.54, 1.807) is 0 Å². The van der Waals surface area contributed by atoms with Crippen LogP contribution in [0.1, 0.15) is 0 Å². The predicted molar refractivity (Wildman–Crippen MR) is 184 cm³/mol. The van der Waals surface area contributed by atoms with Gasteiger partial charge >= 0.3 is 0 Å². The minimum atomic E-state index is 0.490. The van der Waals surface area contributed by atoms with Crippen molar-refractivity contribution in [2.45, 2.75) is 0 Å². The monoisotopic (exact) mass is 589 g/mol. The molecule has 6 nitrogen and oxygen atoms in total. The lowest BCUT2D eigenvalue weighted by Crippen LogP contribution is -2.03. The molecule has 0 atom stereocenters. The van der Waals surface area contributed by atoms with Crippen molar-refractivity contribution >= 4 is 49.4 Å². The van der Waals surface area contributed by atoms with Gasteiger partial charge in [0.05, 0.1) is 23.3 Å². The van der Waals surface area contributed by atoms with Gasteiger partial charge in [0.1, 0.15) is 11.2 Å². The maximum absolute atomic E-state index is 7.86. The Kier molecular flexibility index (Phi) is 5.77. The molecule has 0 fully saturated rings. The molecule has 0 aliphatic heterocycles. The highest BCUT2D eigenvalue weighted by molar-refractivity contribution is 6.17. The molecule has 0 radical (unpaired) electrons. The van der Waals surface area contributed by atoms with Gasteiger partial charge in [0.15, 0.2) is 23.2 Å². The van der Waals surface area contributed by atoms with E-state index in [0.717, 1.165) is 66.1 Å². The van der Waals surface area contributed by atoms with E-state index in [-0.39, 0.29) is 0 Å². The zero-order valence-electron chi connectivity index (χ0n) is 24.4. The SMILES string of the molecule is [C-]#[N+]c1ccc(-n2c3ccccc3c3cc4c(cc32)oc2ccccc24)c(-c2nc(-c3ccccc3)nc(-c3ccccc3)n2)c1. The van der Waals surface area contributed by atoms with Gasteiger partial charge in [-0.25, -0.2) is 19.8 Å². The fourth-order valence-corrected chi connectivity index (χ4v) is 6.34. The van der Waals surface area contributed by atoms with Gasteiger partial charge < -0.3 is 8.98 Å². The maximum Gasteiger partial charge on any atom is 0.188 e. The van der Waals surface area contributed by atoms with Crippen LogP contribution in [0.15, 0.2) is 144 Å². The molecule has 0 amide bonds. The Morgan fingerprint density at radius 2 is 1.13 bits per heavy atom. The van der Waals surface area contributed by atoms with Crippen molar-refractivity contribution < 1.29 is 4.42 Å². The average molecular weight is 590 g/mol. The third-order valence-corrected chi connectivity index (χ3v) is 8.46. The van der Waals surface area contributed by atoms with Crippen LogP contribution in [-0.2, 0) is 0 Å². The average Bonchev–Trinajstić information content (AvgIpc) is 3.65. The van der Waals surface area contributed by atoms with Crippen molar-refractivity contribution in [3.05, 3.63) is 151 Å². The van der Waals surface area contributed by atoms with Crippen LogP contribution in [0.3, 0.4) is 0 Å². The quantitative estimate of drug-likeness (QED) is 0.192. The number of rotatable bonds is 4. The minimum absolute atomic E-state index is 0.490. The lowest BCUT2D eigenvalue weighted by Gasteiger charge is -2.15. The Balaban J connectivity index is 1.37. The summed E-state index contributed by atoms with van der Waals surface area (Å²) in [6.07, 6.45) is 0. The highest BCUT2D eigenvalue weighted by atomic mass is 16.3. The van der Waals surface area contributed by atoms with Crippen LogP contribution in [0.4, 0.5) is 5.69 Å². The summed E-state index contributed by atoms with van der Waals surface area (Å²) in [6, 6.07) is 46.4. The molecule has 3 aromatic heterocycles. The number of furan rings is 1. The largest absolute Gasteiger partial charge is 0.456 e. The molecule has 0 saturated carbocycles. The Labute approximate surface area is 263 Å². The second kappa shape index (κ2) is 10.3. The molecule has 0 N–H and O–H groups in total. The Morgan fingerprint density at radius 3 is 1.85 bits per heavy atom. The van der Waals surface area contributed by atoms with Gasteiger partial charge in [-0.15, -0.1) is 0 Å². The summed E-state index contributed by atoms with van der Waals surface area (Å²) < 4.78 is 8.57. The van der Waals surface area contributed by atoms with Crippen LogP contribution in [-0.4, -0.2) is 19.5 Å². The number of fused-ring (bicyclic) bond motifs is 6. The highest BCUT2D eigenvalue weighted by Crippen LogP contribution is 2.41. The highest BCUT2D eigenvalue weighted by Gasteiger charge is 2.21. The number of hydrogen-bond donors (Lipinski definition) is 0. The summed E-state index contributed by atoms with van der Waals surface area (Å²) in [4.78, 5) is 18.7. The van der Waals surface area contributed by atoms with E-state index in [9.17, 15) is 0 Å². The van der Waals surface area contributed by atoms with Crippen molar-refractivity contribution in [1.29, 1.82) is 0 Å². The molecule has 0 aliphatic rings. The standard InChI is InChI=1S/C40H23N5O/c1-41-27-20-21-34(32(22-27)40-43-38(25-12-4-2-5-13-25)42-39(44-40)26-14-6-3-7-15-26)45-33-18-10-8-16-28(33)30-23-31-29-17-9-11-19-36(29)46-37(31)24-35(30)45/h2-24H. The Hall–Kier alpha value is -6.58. The first kappa shape index (κ1) is 25.9. The number of aromatic nitrogens is 4. The van der Waals surface area contributed by atoms with Crippen LogP contribution in [0, 0.1) is 6.57 Å². The summed E-state index contributed by atoms with van der Waals surface area (Å²) in [5.74, 6) is 1.62. The molecular formula is C40H23N5O. The molecule has 46 heavy (non-hydrogen) atoms. The molecule has 9 aromatic rings. The van der Waals surface area contributed by atoms with Gasteiger partial charge in [-0.3, -0.25) is 0 Å². The van der Waals surface area contributed by atoms with Crippen LogP contribution in [0.25, 0.3) is 88.4 Å². The van der Waals surface area contributed by atoms with Crippen LogP contribution in [0.5, 0.6) is 0 Å². The van der Waals surface area contributed by atoms with E-state index in [4.69, 9.17) is 25.9 Å². The van der Waals surface area contributed by atoms with E-state index in [1.165, 1.54) is 0 Å². The molecular weight excluding hydrogens is 566 g/mol. The molecule has 0 unspecified atom stereocenters. The number of benzene rings is 6. The Bertz CT molecular complexity index is 2590. The van der Waals surface area contributed by atoms with Crippen LogP contribution >= 0.6 is 0 Å². The summed E-state index contributed by atoms with van der Waals surface area (Å²) in [6.45, 7) is 7.86. The molecule has 0 bridgehead atoms. The molecule has 214 valence electrons. The molecule has 9 rings (SSSR count).